The largest absolute Gasteiger partial charge is 0.325 e. The van der Waals surface area contributed by atoms with Crippen LogP contribution in [0.5, 0.6) is 0 Å². The van der Waals surface area contributed by atoms with Gasteiger partial charge < -0.3 is 5.32 Å². The maximum absolute atomic E-state index is 13.6. The Hall–Kier alpha value is -3.26. The van der Waals surface area contributed by atoms with E-state index in [2.05, 4.69) is 20.6 Å². The summed E-state index contributed by atoms with van der Waals surface area (Å²) in [6.45, 7) is 1.67. The molecule has 1 amide bonds. The molecule has 4 aromatic rings. The number of hydrogen-bond donors (Lipinski definition) is 1. The summed E-state index contributed by atoms with van der Waals surface area (Å²) >= 11 is 1.22. The molecule has 0 aliphatic rings. The highest BCUT2D eigenvalue weighted by Gasteiger charge is 2.12. The van der Waals surface area contributed by atoms with Gasteiger partial charge in [-0.1, -0.05) is 48.2 Å². The molecule has 0 aliphatic heterocycles. The minimum absolute atomic E-state index is 0.105. The Morgan fingerprint density at radius 3 is 2.71 bits per heavy atom. The quantitative estimate of drug-likeness (QED) is 0.520. The average molecular weight is 393 g/mol. The number of aromatic nitrogens is 4. The van der Waals surface area contributed by atoms with Crippen molar-refractivity contribution in [3.05, 3.63) is 72.0 Å². The monoisotopic (exact) mass is 393 g/mol. The summed E-state index contributed by atoms with van der Waals surface area (Å²) in [7, 11) is 0. The first kappa shape index (κ1) is 18.1. The number of carbonyl (C=O) groups excluding carboxylic acids is 1. The number of rotatable bonds is 5. The van der Waals surface area contributed by atoms with E-state index >= 15 is 0 Å². The minimum Gasteiger partial charge on any atom is -0.325 e. The molecule has 1 N–H and O–H groups in total. The fraction of sp³-hybridized carbons (Fsp3) is 0.100. The molecule has 8 heteroatoms. The van der Waals surface area contributed by atoms with Crippen molar-refractivity contribution in [2.24, 2.45) is 0 Å². The van der Waals surface area contributed by atoms with Crippen LogP contribution in [-0.2, 0) is 4.79 Å². The molecule has 2 aromatic carbocycles. The fourth-order valence-electron chi connectivity index (χ4n) is 2.62. The molecule has 6 nitrogen and oxygen atoms in total. The Balaban J connectivity index is 1.48. The molecule has 0 unspecified atom stereocenters. The number of nitrogens with one attached hydrogen (secondary N) is 1. The van der Waals surface area contributed by atoms with Crippen molar-refractivity contribution in [1.82, 2.24) is 19.8 Å². The molecule has 2 aromatic heterocycles. The first-order valence-corrected chi connectivity index (χ1v) is 9.55. The van der Waals surface area contributed by atoms with E-state index in [-0.39, 0.29) is 17.5 Å². The average Bonchev–Trinajstić information content (AvgIpc) is 3.12. The Morgan fingerprint density at radius 1 is 1.11 bits per heavy atom. The maximum atomic E-state index is 13.6. The Morgan fingerprint density at radius 2 is 1.93 bits per heavy atom. The third kappa shape index (κ3) is 3.86. The second-order valence-corrected chi connectivity index (χ2v) is 7.08. The first-order chi connectivity index (χ1) is 13.6. The topological polar surface area (TPSA) is 72.2 Å². The van der Waals surface area contributed by atoms with Gasteiger partial charge in [-0.2, -0.15) is 9.61 Å². The fourth-order valence-corrected chi connectivity index (χ4v) is 3.31. The van der Waals surface area contributed by atoms with Gasteiger partial charge in [0.1, 0.15) is 5.82 Å². The lowest BCUT2D eigenvalue weighted by atomic mass is 10.1. The van der Waals surface area contributed by atoms with E-state index in [1.54, 1.807) is 23.6 Å². The molecule has 140 valence electrons. The van der Waals surface area contributed by atoms with E-state index in [1.807, 2.05) is 42.5 Å². The second-order valence-electron chi connectivity index (χ2n) is 6.14. The van der Waals surface area contributed by atoms with Gasteiger partial charge in [0.2, 0.25) is 11.1 Å². The number of halogens is 1. The molecule has 0 radical (unpaired) electrons. The Kier molecular flexibility index (Phi) is 5.03. The van der Waals surface area contributed by atoms with Crippen LogP contribution in [-0.4, -0.2) is 31.5 Å². The number of fused-ring (bicyclic) bond motifs is 1. The van der Waals surface area contributed by atoms with Gasteiger partial charge in [0.05, 0.1) is 11.4 Å². The standard InChI is InChI=1S/C20H16FN5OS/c1-13-7-8-15(11-16(13)21)22-19(27)12-28-20-24-23-18-10-9-17(25-26(18)20)14-5-3-2-4-6-14/h2-11H,12H2,1H3,(H,22,27). The van der Waals surface area contributed by atoms with Crippen LogP contribution in [0.2, 0.25) is 0 Å². The van der Waals surface area contributed by atoms with E-state index in [0.717, 1.165) is 11.3 Å². The third-order valence-corrected chi connectivity index (χ3v) is 5.01. The lowest BCUT2D eigenvalue weighted by Gasteiger charge is -2.06. The first-order valence-electron chi connectivity index (χ1n) is 8.57. The predicted octanol–water partition coefficient (Wildman–Crippen LogP) is 3.97. The van der Waals surface area contributed by atoms with E-state index in [9.17, 15) is 9.18 Å². The number of anilines is 1. The van der Waals surface area contributed by atoms with Crippen molar-refractivity contribution >= 4 is 29.0 Å². The summed E-state index contributed by atoms with van der Waals surface area (Å²) in [5.74, 6) is -0.510. The highest BCUT2D eigenvalue weighted by molar-refractivity contribution is 7.99. The van der Waals surface area contributed by atoms with Crippen LogP contribution in [0.3, 0.4) is 0 Å². The molecule has 28 heavy (non-hydrogen) atoms. The molecule has 0 fully saturated rings. The van der Waals surface area contributed by atoms with Crippen molar-refractivity contribution in [1.29, 1.82) is 0 Å². The van der Waals surface area contributed by atoms with Crippen molar-refractivity contribution in [3.63, 3.8) is 0 Å². The zero-order valence-corrected chi connectivity index (χ0v) is 15.8. The lowest BCUT2D eigenvalue weighted by Crippen LogP contribution is -2.14. The summed E-state index contributed by atoms with van der Waals surface area (Å²) in [5, 5.41) is 16.0. The molecule has 0 atom stereocenters. The molecular formula is C20H16FN5OS. The van der Waals surface area contributed by atoms with Gasteiger partial charge in [-0.25, -0.2) is 4.39 Å². The van der Waals surface area contributed by atoms with E-state index in [0.29, 0.717) is 22.1 Å². The maximum Gasteiger partial charge on any atom is 0.234 e. The van der Waals surface area contributed by atoms with Crippen LogP contribution >= 0.6 is 11.8 Å². The molecule has 0 aliphatic carbocycles. The van der Waals surface area contributed by atoms with Crippen molar-refractivity contribution in [2.45, 2.75) is 12.1 Å². The predicted molar refractivity (Wildman–Crippen MR) is 107 cm³/mol. The second kappa shape index (κ2) is 7.77. The van der Waals surface area contributed by atoms with Crippen LogP contribution < -0.4 is 5.32 Å². The molecule has 0 saturated carbocycles. The molecule has 2 heterocycles. The molecule has 0 spiro atoms. The number of thioether (sulfide) groups is 1. The minimum atomic E-state index is -0.355. The van der Waals surface area contributed by atoms with Crippen LogP contribution in [0, 0.1) is 12.7 Å². The molecular weight excluding hydrogens is 377 g/mol. The van der Waals surface area contributed by atoms with Gasteiger partial charge in [-0.15, -0.1) is 10.2 Å². The number of benzene rings is 2. The van der Waals surface area contributed by atoms with Crippen molar-refractivity contribution < 1.29 is 9.18 Å². The van der Waals surface area contributed by atoms with Crippen LogP contribution in [0.25, 0.3) is 16.9 Å². The van der Waals surface area contributed by atoms with Gasteiger partial charge in [0.25, 0.3) is 0 Å². The van der Waals surface area contributed by atoms with Crippen LogP contribution in [0.1, 0.15) is 5.56 Å². The Labute approximate surface area is 164 Å². The van der Waals surface area contributed by atoms with E-state index in [1.165, 1.54) is 17.8 Å². The zero-order valence-electron chi connectivity index (χ0n) is 15.0. The number of amides is 1. The highest BCUT2D eigenvalue weighted by Crippen LogP contribution is 2.21. The third-order valence-electron chi connectivity index (χ3n) is 4.09. The number of carbonyl (C=O) groups is 1. The molecule has 4 rings (SSSR count). The van der Waals surface area contributed by atoms with Gasteiger partial charge in [0.15, 0.2) is 5.65 Å². The summed E-state index contributed by atoms with van der Waals surface area (Å²) < 4.78 is 15.2. The molecule has 0 bridgehead atoms. The van der Waals surface area contributed by atoms with Gasteiger partial charge in [-0.3, -0.25) is 4.79 Å². The van der Waals surface area contributed by atoms with Gasteiger partial charge in [0, 0.05) is 11.3 Å². The van der Waals surface area contributed by atoms with Crippen LogP contribution in [0.15, 0.2) is 65.8 Å². The van der Waals surface area contributed by atoms with E-state index < -0.39 is 0 Å². The Bertz CT molecular complexity index is 1150. The number of nitrogens with zero attached hydrogens (tertiary/aromatic N) is 4. The summed E-state index contributed by atoms with van der Waals surface area (Å²) in [4.78, 5) is 12.2. The number of aryl methyl sites for hydroxylation is 1. The summed E-state index contributed by atoms with van der Waals surface area (Å²) in [6, 6.07) is 18.1. The summed E-state index contributed by atoms with van der Waals surface area (Å²) in [5.41, 5.74) is 3.32. The zero-order chi connectivity index (χ0) is 19.5. The van der Waals surface area contributed by atoms with E-state index in [4.69, 9.17) is 0 Å². The van der Waals surface area contributed by atoms with Crippen LogP contribution in [0.4, 0.5) is 10.1 Å². The number of hydrogen-bond acceptors (Lipinski definition) is 5. The smallest absolute Gasteiger partial charge is 0.234 e. The van der Waals surface area contributed by atoms with Crippen molar-refractivity contribution in [2.75, 3.05) is 11.1 Å². The molecule has 0 saturated heterocycles. The summed E-state index contributed by atoms with van der Waals surface area (Å²) in [6.07, 6.45) is 0. The van der Waals surface area contributed by atoms with Gasteiger partial charge >= 0.3 is 0 Å². The van der Waals surface area contributed by atoms with Crippen molar-refractivity contribution in [3.8, 4) is 11.3 Å². The highest BCUT2D eigenvalue weighted by atomic mass is 32.2. The SMILES string of the molecule is Cc1ccc(NC(=O)CSc2nnc3ccc(-c4ccccc4)nn23)cc1F. The normalized spacial score (nSPS) is 10.9. The lowest BCUT2D eigenvalue weighted by molar-refractivity contribution is -0.113. The van der Waals surface area contributed by atoms with Gasteiger partial charge in [-0.05, 0) is 36.8 Å².